The summed E-state index contributed by atoms with van der Waals surface area (Å²) in [5, 5.41) is 4.00. The Morgan fingerprint density at radius 1 is 1.22 bits per heavy atom. The van der Waals surface area contributed by atoms with Gasteiger partial charge in [-0.3, -0.25) is 0 Å². The van der Waals surface area contributed by atoms with Crippen molar-refractivity contribution < 1.29 is 13.9 Å². The molecule has 6 nitrogen and oxygen atoms in total. The molecule has 166 valence electrons. The molecule has 1 atom stereocenters. The number of amides is 1. The van der Waals surface area contributed by atoms with Crippen LogP contribution in [0.3, 0.4) is 0 Å². The van der Waals surface area contributed by atoms with Gasteiger partial charge in [0.15, 0.2) is 0 Å². The van der Waals surface area contributed by atoms with Gasteiger partial charge in [0.25, 0.3) is 0 Å². The number of nitrogens with one attached hydrogen (secondary N) is 3. The van der Waals surface area contributed by atoms with Crippen LogP contribution in [0, 0.1) is 5.82 Å². The van der Waals surface area contributed by atoms with Gasteiger partial charge < -0.3 is 20.0 Å². The lowest BCUT2D eigenvalue weighted by Gasteiger charge is -2.23. The fourth-order valence-corrected chi connectivity index (χ4v) is 3.86. The normalized spacial score (nSPS) is 12.7. The number of imidazole rings is 1. The molecule has 2 heterocycles. The van der Waals surface area contributed by atoms with Gasteiger partial charge in [-0.05, 0) is 74.4 Å². The van der Waals surface area contributed by atoms with Gasteiger partial charge in [0, 0.05) is 28.0 Å². The zero-order valence-electron chi connectivity index (χ0n) is 18.0. The van der Waals surface area contributed by atoms with Gasteiger partial charge in [0.05, 0.1) is 17.9 Å². The summed E-state index contributed by atoms with van der Waals surface area (Å²) < 4.78 is 19.7. The van der Waals surface area contributed by atoms with E-state index < -0.39 is 17.7 Å². The number of fused-ring (bicyclic) bond motifs is 1. The molecule has 0 spiro atoms. The number of aromatic amines is 2. The highest BCUT2D eigenvalue weighted by molar-refractivity contribution is 9.10. The first-order chi connectivity index (χ1) is 15.2. The van der Waals surface area contributed by atoms with E-state index in [1.165, 1.54) is 12.1 Å². The SMILES string of the molecule is CC(C)(C)OC(=O)N[C@@H](Cc1c[nH]c2ccc(Br)cc12)c1ncc(-c2ccc(F)cc2)[nH]1. The average molecular weight is 499 g/mol. The van der Waals surface area contributed by atoms with Crippen molar-refractivity contribution in [2.45, 2.75) is 38.8 Å². The molecule has 0 aliphatic heterocycles. The lowest BCUT2D eigenvalue weighted by Crippen LogP contribution is -2.36. The average Bonchev–Trinajstić information content (AvgIpc) is 3.34. The summed E-state index contributed by atoms with van der Waals surface area (Å²) in [7, 11) is 0. The number of carbonyl (C=O) groups excluding carboxylic acids is 1. The summed E-state index contributed by atoms with van der Waals surface area (Å²) in [4.78, 5) is 23.6. The number of carbonyl (C=O) groups is 1. The highest BCUT2D eigenvalue weighted by atomic mass is 79.9. The quantitative estimate of drug-likeness (QED) is 0.303. The van der Waals surface area contributed by atoms with E-state index in [0.717, 1.165) is 32.2 Å². The van der Waals surface area contributed by atoms with Crippen LogP contribution >= 0.6 is 15.9 Å². The minimum absolute atomic E-state index is 0.302. The number of hydrogen-bond acceptors (Lipinski definition) is 3. The molecule has 0 fully saturated rings. The van der Waals surface area contributed by atoms with Crippen molar-refractivity contribution in [1.82, 2.24) is 20.3 Å². The number of rotatable bonds is 5. The van der Waals surface area contributed by atoms with Gasteiger partial charge in [0.1, 0.15) is 17.2 Å². The van der Waals surface area contributed by atoms with E-state index in [1.54, 1.807) is 18.3 Å². The minimum Gasteiger partial charge on any atom is -0.444 e. The maximum Gasteiger partial charge on any atom is 0.408 e. The predicted molar refractivity (Wildman–Crippen MR) is 126 cm³/mol. The number of alkyl carbamates (subject to hydrolysis) is 1. The molecule has 4 rings (SSSR count). The fraction of sp³-hybridized carbons (Fsp3) is 0.250. The summed E-state index contributed by atoms with van der Waals surface area (Å²) in [6.07, 6.45) is 3.58. The molecule has 0 aliphatic carbocycles. The lowest BCUT2D eigenvalue weighted by atomic mass is 10.0. The van der Waals surface area contributed by atoms with Gasteiger partial charge in [-0.15, -0.1) is 0 Å². The molecule has 0 aliphatic rings. The van der Waals surface area contributed by atoms with Crippen LogP contribution in [-0.4, -0.2) is 26.6 Å². The molecule has 0 saturated carbocycles. The largest absolute Gasteiger partial charge is 0.444 e. The number of aromatic nitrogens is 3. The van der Waals surface area contributed by atoms with Crippen LogP contribution in [0.1, 0.15) is 38.2 Å². The first kappa shape index (κ1) is 22.1. The van der Waals surface area contributed by atoms with Crippen LogP contribution < -0.4 is 5.32 Å². The van der Waals surface area contributed by atoms with E-state index in [0.29, 0.717) is 12.2 Å². The molecule has 0 saturated heterocycles. The minimum atomic E-state index is -0.622. The van der Waals surface area contributed by atoms with Gasteiger partial charge in [-0.2, -0.15) is 0 Å². The van der Waals surface area contributed by atoms with Gasteiger partial charge in [-0.25, -0.2) is 14.2 Å². The maximum absolute atomic E-state index is 13.3. The van der Waals surface area contributed by atoms with E-state index in [2.05, 4.69) is 36.2 Å². The third-order valence-electron chi connectivity index (χ3n) is 4.93. The highest BCUT2D eigenvalue weighted by Gasteiger charge is 2.24. The van der Waals surface area contributed by atoms with E-state index in [9.17, 15) is 9.18 Å². The Balaban J connectivity index is 1.65. The molecular formula is C24H24BrFN4O2. The Bertz CT molecular complexity index is 1240. The van der Waals surface area contributed by atoms with E-state index in [1.807, 2.05) is 45.2 Å². The summed E-state index contributed by atoms with van der Waals surface area (Å²) in [5.41, 5.74) is 2.95. The smallest absolute Gasteiger partial charge is 0.408 e. The van der Waals surface area contributed by atoms with Gasteiger partial charge in [-0.1, -0.05) is 15.9 Å². The van der Waals surface area contributed by atoms with Crippen molar-refractivity contribution in [2.75, 3.05) is 0 Å². The van der Waals surface area contributed by atoms with Gasteiger partial charge >= 0.3 is 6.09 Å². The van der Waals surface area contributed by atoms with E-state index in [-0.39, 0.29) is 5.82 Å². The second-order valence-electron chi connectivity index (χ2n) is 8.60. The molecular weight excluding hydrogens is 475 g/mol. The zero-order valence-corrected chi connectivity index (χ0v) is 19.6. The maximum atomic E-state index is 13.3. The van der Waals surface area contributed by atoms with Crippen molar-refractivity contribution in [2.24, 2.45) is 0 Å². The van der Waals surface area contributed by atoms with Crippen LogP contribution in [0.25, 0.3) is 22.2 Å². The molecule has 1 amide bonds. The molecule has 3 N–H and O–H groups in total. The number of halogens is 2. The second kappa shape index (κ2) is 8.78. The molecule has 4 aromatic rings. The molecule has 0 bridgehead atoms. The predicted octanol–water partition coefficient (Wildman–Crippen LogP) is 6.27. The van der Waals surface area contributed by atoms with Crippen molar-refractivity contribution in [3.05, 3.63) is 76.5 Å². The van der Waals surface area contributed by atoms with Crippen LogP contribution in [-0.2, 0) is 11.2 Å². The number of benzene rings is 2. The molecule has 32 heavy (non-hydrogen) atoms. The first-order valence-corrected chi connectivity index (χ1v) is 11.0. The van der Waals surface area contributed by atoms with Crippen LogP contribution in [0.4, 0.5) is 9.18 Å². The van der Waals surface area contributed by atoms with E-state index in [4.69, 9.17) is 4.74 Å². The Kier molecular flexibility index (Phi) is 6.06. The Morgan fingerprint density at radius 2 is 1.97 bits per heavy atom. The highest BCUT2D eigenvalue weighted by Crippen LogP contribution is 2.28. The lowest BCUT2D eigenvalue weighted by molar-refractivity contribution is 0.0501. The van der Waals surface area contributed by atoms with Crippen molar-refractivity contribution in [3.63, 3.8) is 0 Å². The summed E-state index contributed by atoms with van der Waals surface area (Å²) >= 11 is 3.52. The van der Waals surface area contributed by atoms with E-state index >= 15 is 0 Å². The number of ether oxygens (including phenoxy) is 1. The van der Waals surface area contributed by atoms with Gasteiger partial charge in [0.2, 0.25) is 0 Å². The summed E-state index contributed by atoms with van der Waals surface area (Å²) in [6.45, 7) is 5.45. The zero-order chi connectivity index (χ0) is 22.9. The summed E-state index contributed by atoms with van der Waals surface area (Å²) in [5.74, 6) is 0.281. The number of hydrogen-bond donors (Lipinski definition) is 3. The third kappa shape index (κ3) is 5.19. The monoisotopic (exact) mass is 498 g/mol. The summed E-state index contributed by atoms with van der Waals surface area (Å²) in [6, 6.07) is 11.7. The molecule has 2 aromatic carbocycles. The third-order valence-corrected chi connectivity index (χ3v) is 5.42. The Morgan fingerprint density at radius 3 is 2.69 bits per heavy atom. The second-order valence-corrected chi connectivity index (χ2v) is 9.51. The Hall–Kier alpha value is -3.13. The van der Waals surface area contributed by atoms with Crippen molar-refractivity contribution >= 4 is 32.9 Å². The fourth-order valence-electron chi connectivity index (χ4n) is 3.50. The first-order valence-electron chi connectivity index (χ1n) is 10.2. The topological polar surface area (TPSA) is 82.8 Å². The molecule has 0 radical (unpaired) electrons. The van der Waals surface area contributed by atoms with Crippen molar-refractivity contribution in [1.29, 1.82) is 0 Å². The number of H-pyrrole nitrogens is 2. The standard InChI is InChI=1S/C24H24BrFN4O2/c1-24(2,3)32-23(31)30-20(10-15-12-27-19-9-6-16(25)11-18(15)19)22-28-13-21(29-22)14-4-7-17(26)8-5-14/h4-9,11-13,20,27H,10H2,1-3H3,(H,28,29)(H,30,31)/t20-/m0/s1. The molecule has 0 unspecified atom stereocenters. The number of nitrogens with zero attached hydrogens (tertiary/aromatic N) is 1. The van der Waals surface area contributed by atoms with Crippen LogP contribution in [0.5, 0.6) is 0 Å². The Labute approximate surface area is 193 Å². The molecule has 8 heteroatoms. The molecule has 2 aromatic heterocycles. The van der Waals surface area contributed by atoms with Crippen molar-refractivity contribution in [3.8, 4) is 11.3 Å². The van der Waals surface area contributed by atoms with Crippen LogP contribution in [0.2, 0.25) is 0 Å². The van der Waals surface area contributed by atoms with Crippen LogP contribution in [0.15, 0.2) is 59.3 Å².